The van der Waals surface area contributed by atoms with Crippen LogP contribution in [0, 0.1) is 0 Å². The van der Waals surface area contributed by atoms with Crippen molar-refractivity contribution in [1.29, 1.82) is 0 Å². The second-order valence-corrected chi connectivity index (χ2v) is 8.74. The summed E-state index contributed by atoms with van der Waals surface area (Å²) in [6, 6.07) is 11.2. The van der Waals surface area contributed by atoms with Crippen LogP contribution in [-0.2, 0) is 4.79 Å². The number of carbonyl (C=O) groups is 1. The number of nitrogens with one attached hydrogen (secondary N) is 1. The van der Waals surface area contributed by atoms with E-state index in [9.17, 15) is 19.5 Å². The van der Waals surface area contributed by atoms with E-state index in [1.54, 1.807) is 43.3 Å². The number of allylic oxidation sites excluding steroid dienone is 4. The van der Waals surface area contributed by atoms with Crippen LogP contribution in [0.3, 0.4) is 0 Å². The molecule has 1 aromatic heterocycles. The van der Waals surface area contributed by atoms with E-state index in [1.807, 2.05) is 0 Å². The van der Waals surface area contributed by atoms with Crippen LogP contribution >= 0.6 is 34.8 Å². The highest BCUT2D eigenvalue weighted by atomic mass is 35.5. The highest BCUT2D eigenvalue weighted by Gasteiger charge is 2.31. The van der Waals surface area contributed by atoms with Crippen LogP contribution in [0.1, 0.15) is 12.5 Å². The zero-order valence-electron chi connectivity index (χ0n) is 18.5. The van der Waals surface area contributed by atoms with Crippen molar-refractivity contribution in [2.45, 2.75) is 6.92 Å². The number of benzene rings is 2. The summed E-state index contributed by atoms with van der Waals surface area (Å²) in [4.78, 5) is 39.4. The molecule has 0 saturated heterocycles. The number of H-pyrrole nitrogens is 1. The third-order valence-corrected chi connectivity index (χ3v) is 5.91. The lowest BCUT2D eigenvalue weighted by Gasteiger charge is -2.17. The Bertz CT molecular complexity index is 1580. The molecule has 1 aliphatic heterocycles. The Morgan fingerprint density at radius 3 is 2.31 bits per heavy atom. The maximum absolute atomic E-state index is 12.9. The van der Waals surface area contributed by atoms with Gasteiger partial charge in [-0.1, -0.05) is 71.2 Å². The highest BCUT2D eigenvalue weighted by Crippen LogP contribution is 2.39. The molecule has 0 bridgehead atoms. The minimum absolute atomic E-state index is 0.174. The first-order chi connectivity index (χ1) is 17.2. The molecule has 1 amide bonds. The molecule has 3 aromatic rings. The molecule has 0 aliphatic carbocycles. The number of halogens is 3. The Morgan fingerprint density at radius 2 is 1.64 bits per heavy atom. The van der Waals surface area contributed by atoms with E-state index in [2.05, 4.69) is 10.1 Å². The van der Waals surface area contributed by atoms with Gasteiger partial charge in [-0.2, -0.15) is 10.1 Å². The molecule has 0 fully saturated rings. The van der Waals surface area contributed by atoms with Crippen molar-refractivity contribution in [1.82, 2.24) is 9.55 Å². The fourth-order valence-corrected chi connectivity index (χ4v) is 4.43. The average molecular weight is 543 g/mol. The van der Waals surface area contributed by atoms with E-state index in [4.69, 9.17) is 34.8 Å². The molecule has 36 heavy (non-hydrogen) atoms. The molecular formula is C25H16Cl3N4O4-. The number of anilines is 1. The van der Waals surface area contributed by atoms with Gasteiger partial charge in [-0.25, -0.2) is 4.79 Å². The number of carbonyl (C=O) groups excluding carboxylic acids is 1. The van der Waals surface area contributed by atoms with Crippen LogP contribution in [0.15, 0.2) is 87.0 Å². The minimum Gasteiger partial charge on any atom is -0.859 e. The van der Waals surface area contributed by atoms with Crippen molar-refractivity contribution in [3.8, 4) is 11.6 Å². The summed E-state index contributed by atoms with van der Waals surface area (Å²) < 4.78 is 0.880. The summed E-state index contributed by atoms with van der Waals surface area (Å²) in [6.07, 6.45) is 7.32. The smallest absolute Gasteiger partial charge is 0.332 e. The number of nitrogens with zero attached hydrogens (tertiary/aromatic N) is 3. The molecule has 2 aromatic carbocycles. The SMILES string of the molecule is CC1=NN(c2c(Cl)cc(Cl)cc2Cl)C(=O)/C1=C\C=CC=Cc1c([O-])n(-c2ccccc2)c(=O)[nH]c1=O. The quantitative estimate of drug-likeness (QED) is 0.379. The molecule has 0 atom stereocenters. The normalized spacial score (nSPS) is 15.0. The van der Waals surface area contributed by atoms with Crippen molar-refractivity contribution >= 4 is 58.2 Å². The zero-order chi connectivity index (χ0) is 26.0. The first kappa shape index (κ1) is 25.2. The predicted molar refractivity (Wildman–Crippen MR) is 140 cm³/mol. The molecule has 0 radical (unpaired) electrons. The number of amides is 1. The van der Waals surface area contributed by atoms with E-state index in [0.29, 0.717) is 22.0 Å². The molecule has 8 nitrogen and oxygen atoms in total. The Morgan fingerprint density at radius 1 is 0.972 bits per heavy atom. The van der Waals surface area contributed by atoms with E-state index < -0.39 is 23.0 Å². The van der Waals surface area contributed by atoms with Crippen LogP contribution in [0.25, 0.3) is 11.8 Å². The summed E-state index contributed by atoms with van der Waals surface area (Å²) in [5, 5.41) is 18.8. The van der Waals surface area contributed by atoms with Crippen LogP contribution in [0.4, 0.5) is 5.69 Å². The lowest BCUT2D eigenvalue weighted by atomic mass is 10.1. The molecule has 2 heterocycles. The highest BCUT2D eigenvalue weighted by molar-refractivity contribution is 6.43. The van der Waals surface area contributed by atoms with Crippen LogP contribution in [-0.4, -0.2) is 21.2 Å². The number of hydrazone groups is 1. The van der Waals surface area contributed by atoms with Gasteiger partial charge < -0.3 is 5.11 Å². The molecule has 182 valence electrons. The average Bonchev–Trinajstić information content (AvgIpc) is 3.08. The van der Waals surface area contributed by atoms with E-state index in [1.165, 1.54) is 36.4 Å². The second-order valence-electron chi connectivity index (χ2n) is 7.49. The number of hydrogen-bond acceptors (Lipinski definition) is 5. The Kier molecular flexibility index (Phi) is 7.30. The summed E-state index contributed by atoms with van der Waals surface area (Å²) in [5.74, 6) is -1.19. The van der Waals surface area contributed by atoms with Crippen LogP contribution < -0.4 is 21.4 Å². The first-order valence-corrected chi connectivity index (χ1v) is 11.5. The monoisotopic (exact) mass is 541 g/mol. The van der Waals surface area contributed by atoms with Crippen molar-refractivity contribution in [2.75, 3.05) is 5.01 Å². The predicted octanol–water partition coefficient (Wildman–Crippen LogP) is 4.48. The summed E-state index contributed by atoms with van der Waals surface area (Å²) in [7, 11) is 0. The Labute approximate surface area is 219 Å². The summed E-state index contributed by atoms with van der Waals surface area (Å²) >= 11 is 18.4. The van der Waals surface area contributed by atoms with Crippen molar-refractivity contribution in [2.24, 2.45) is 5.10 Å². The van der Waals surface area contributed by atoms with Gasteiger partial charge in [-0.15, -0.1) is 0 Å². The fourth-order valence-electron chi connectivity index (χ4n) is 3.45. The van der Waals surface area contributed by atoms with Gasteiger partial charge in [0, 0.05) is 16.3 Å². The zero-order valence-corrected chi connectivity index (χ0v) is 20.8. The third-order valence-electron chi connectivity index (χ3n) is 5.12. The van der Waals surface area contributed by atoms with Gasteiger partial charge in [0.2, 0.25) is 0 Å². The van der Waals surface area contributed by atoms with Gasteiger partial charge in [-0.05, 0) is 49.2 Å². The molecule has 0 spiro atoms. The van der Waals surface area contributed by atoms with E-state index >= 15 is 0 Å². The maximum Gasteiger partial charge on any atom is 0.332 e. The van der Waals surface area contributed by atoms with E-state index in [0.717, 1.165) is 9.58 Å². The Hall–Kier alpha value is -3.85. The van der Waals surface area contributed by atoms with Crippen molar-refractivity contribution in [3.05, 3.63) is 114 Å². The molecule has 11 heteroatoms. The molecular weight excluding hydrogens is 527 g/mol. The van der Waals surface area contributed by atoms with Gasteiger partial charge >= 0.3 is 5.69 Å². The van der Waals surface area contributed by atoms with Gasteiger partial charge in [0.15, 0.2) is 0 Å². The van der Waals surface area contributed by atoms with Crippen LogP contribution in [0.2, 0.25) is 15.1 Å². The molecule has 1 aliphatic rings. The molecule has 0 saturated carbocycles. The third kappa shape index (κ3) is 4.92. The number of rotatable bonds is 5. The first-order valence-electron chi connectivity index (χ1n) is 10.4. The molecule has 0 unspecified atom stereocenters. The van der Waals surface area contributed by atoms with Crippen molar-refractivity contribution in [3.63, 3.8) is 0 Å². The molecule has 4 rings (SSSR count). The van der Waals surface area contributed by atoms with Crippen molar-refractivity contribution < 1.29 is 9.90 Å². The fraction of sp³-hybridized carbons (Fsp3) is 0.0400. The Balaban J connectivity index is 1.57. The summed E-state index contributed by atoms with van der Waals surface area (Å²) in [5.41, 5.74) is -0.571. The maximum atomic E-state index is 12.9. The minimum atomic E-state index is -0.825. The van der Waals surface area contributed by atoms with Gasteiger partial charge in [0.1, 0.15) is 5.69 Å². The number of aromatic amines is 1. The second kappa shape index (κ2) is 10.4. The van der Waals surface area contributed by atoms with Gasteiger partial charge in [0.25, 0.3) is 11.5 Å². The lowest BCUT2D eigenvalue weighted by Crippen LogP contribution is -2.32. The largest absolute Gasteiger partial charge is 0.859 e. The number of aromatic nitrogens is 2. The standard InChI is InChI=1S/C25H17Cl3N4O4/c1-14-17(24(35)32(30-14)21-19(27)12-15(26)13-20(21)28)10-6-3-7-11-18-22(33)29-25(36)31(23(18)34)16-8-4-2-5-9-16/h2-13,34H,1H3,(H,29,33,36)/p-1/b6-3?,11-7?,17-10-. The topological polar surface area (TPSA) is 111 Å². The van der Waals surface area contributed by atoms with Gasteiger partial charge in [0.05, 0.1) is 21.3 Å². The number of para-hydroxylation sites is 1. The van der Waals surface area contributed by atoms with Crippen LogP contribution in [0.5, 0.6) is 5.88 Å². The lowest BCUT2D eigenvalue weighted by molar-refractivity contribution is -0.278. The van der Waals surface area contributed by atoms with Gasteiger partial charge in [-0.3, -0.25) is 19.1 Å². The summed E-state index contributed by atoms with van der Waals surface area (Å²) in [6.45, 7) is 1.65. The number of hydrogen-bond donors (Lipinski definition) is 1. The molecule has 1 N–H and O–H groups in total. The van der Waals surface area contributed by atoms with E-state index in [-0.39, 0.29) is 21.3 Å².